The number of nitrogens with two attached hydrogens (primary N) is 1. The fourth-order valence-electron chi connectivity index (χ4n) is 2.58. The van der Waals surface area contributed by atoms with Crippen LogP contribution in [0.25, 0.3) is 0 Å². The number of rotatable bonds is 4. The van der Waals surface area contributed by atoms with Crippen molar-refractivity contribution < 1.29 is 9.53 Å². The lowest BCUT2D eigenvalue weighted by molar-refractivity contribution is 0.0596. The van der Waals surface area contributed by atoms with Gasteiger partial charge in [0.25, 0.3) is 0 Å². The maximum atomic E-state index is 11.5. The van der Waals surface area contributed by atoms with E-state index >= 15 is 0 Å². The van der Waals surface area contributed by atoms with Gasteiger partial charge in [-0.25, -0.2) is 9.78 Å². The first-order valence-electron chi connectivity index (χ1n) is 6.13. The van der Waals surface area contributed by atoms with E-state index in [1.165, 1.54) is 32.8 Å². The van der Waals surface area contributed by atoms with Gasteiger partial charge in [0.2, 0.25) is 0 Å². The average Bonchev–Trinajstić information content (AvgIpc) is 3.21. The summed E-state index contributed by atoms with van der Waals surface area (Å²) in [4.78, 5) is 15.6. The Morgan fingerprint density at radius 2 is 2.06 bits per heavy atom. The van der Waals surface area contributed by atoms with Crippen molar-refractivity contribution in [2.75, 3.05) is 12.8 Å². The van der Waals surface area contributed by atoms with Crippen LogP contribution < -0.4 is 5.73 Å². The zero-order valence-corrected chi connectivity index (χ0v) is 9.93. The molecule has 2 aliphatic rings. The van der Waals surface area contributed by atoms with Gasteiger partial charge in [0, 0.05) is 6.04 Å². The van der Waals surface area contributed by atoms with E-state index in [0.29, 0.717) is 11.9 Å². The second-order valence-corrected chi connectivity index (χ2v) is 5.04. The van der Waals surface area contributed by atoms with E-state index in [1.807, 2.05) is 4.57 Å². The highest BCUT2D eigenvalue weighted by atomic mass is 16.5. The SMILES string of the molecule is COC(=O)c1ncn(C(C2CC2)C2CC2)c1N. The van der Waals surface area contributed by atoms with E-state index in [2.05, 4.69) is 9.72 Å². The van der Waals surface area contributed by atoms with Crippen molar-refractivity contribution >= 4 is 11.8 Å². The first-order chi connectivity index (χ1) is 8.22. The number of hydrogen-bond donors (Lipinski definition) is 1. The molecule has 92 valence electrons. The summed E-state index contributed by atoms with van der Waals surface area (Å²) in [6, 6.07) is 0.445. The van der Waals surface area contributed by atoms with Crippen LogP contribution in [0.2, 0.25) is 0 Å². The van der Waals surface area contributed by atoms with E-state index in [9.17, 15) is 4.79 Å². The zero-order valence-electron chi connectivity index (χ0n) is 9.93. The van der Waals surface area contributed by atoms with Crippen LogP contribution in [-0.2, 0) is 4.74 Å². The van der Waals surface area contributed by atoms with E-state index in [1.54, 1.807) is 6.33 Å². The van der Waals surface area contributed by atoms with E-state index in [0.717, 1.165) is 11.8 Å². The highest BCUT2D eigenvalue weighted by Gasteiger charge is 2.43. The Kier molecular flexibility index (Phi) is 2.34. The largest absolute Gasteiger partial charge is 0.464 e. The zero-order chi connectivity index (χ0) is 12.0. The summed E-state index contributed by atoms with van der Waals surface area (Å²) < 4.78 is 6.66. The molecule has 0 aliphatic heterocycles. The summed E-state index contributed by atoms with van der Waals surface area (Å²) in [6.45, 7) is 0. The molecule has 0 atom stereocenters. The Bertz CT molecular complexity index is 435. The summed E-state index contributed by atoms with van der Waals surface area (Å²) in [5.41, 5.74) is 6.26. The Labute approximate surface area is 100.0 Å². The summed E-state index contributed by atoms with van der Waals surface area (Å²) >= 11 is 0. The summed E-state index contributed by atoms with van der Waals surface area (Å²) in [5.74, 6) is 1.46. The number of nitrogen functional groups attached to an aromatic ring is 1. The van der Waals surface area contributed by atoms with Crippen molar-refractivity contribution in [2.24, 2.45) is 11.8 Å². The highest BCUT2D eigenvalue weighted by Crippen LogP contribution is 2.52. The molecule has 0 spiro atoms. The Hall–Kier alpha value is -1.52. The Morgan fingerprint density at radius 1 is 1.47 bits per heavy atom. The molecule has 1 heterocycles. The van der Waals surface area contributed by atoms with Crippen molar-refractivity contribution in [3.8, 4) is 0 Å². The lowest BCUT2D eigenvalue weighted by Gasteiger charge is -2.18. The number of hydrogen-bond acceptors (Lipinski definition) is 4. The van der Waals surface area contributed by atoms with Crippen LogP contribution in [0.4, 0.5) is 5.82 Å². The minimum Gasteiger partial charge on any atom is -0.464 e. The smallest absolute Gasteiger partial charge is 0.360 e. The van der Waals surface area contributed by atoms with Crippen molar-refractivity contribution in [1.82, 2.24) is 9.55 Å². The fraction of sp³-hybridized carbons (Fsp3) is 0.667. The van der Waals surface area contributed by atoms with Gasteiger partial charge in [-0.15, -0.1) is 0 Å². The van der Waals surface area contributed by atoms with Crippen LogP contribution >= 0.6 is 0 Å². The molecule has 2 N–H and O–H groups in total. The van der Waals surface area contributed by atoms with E-state index in [-0.39, 0.29) is 5.69 Å². The predicted octanol–water partition coefficient (Wildman–Crippen LogP) is 1.61. The molecule has 1 aromatic rings. The summed E-state index contributed by atoms with van der Waals surface area (Å²) in [6.07, 6.45) is 6.78. The molecule has 2 aliphatic carbocycles. The van der Waals surface area contributed by atoms with Gasteiger partial charge in [-0.3, -0.25) is 0 Å². The van der Waals surface area contributed by atoms with Crippen molar-refractivity contribution in [2.45, 2.75) is 31.7 Å². The maximum absolute atomic E-state index is 11.5. The van der Waals surface area contributed by atoms with Gasteiger partial charge in [-0.05, 0) is 37.5 Å². The minimum absolute atomic E-state index is 0.249. The number of anilines is 1. The van der Waals surface area contributed by atoms with E-state index in [4.69, 9.17) is 5.73 Å². The van der Waals surface area contributed by atoms with Gasteiger partial charge >= 0.3 is 5.97 Å². The number of aromatic nitrogens is 2. The quantitative estimate of drug-likeness (QED) is 0.805. The Balaban J connectivity index is 1.91. The molecule has 2 fully saturated rings. The Morgan fingerprint density at radius 3 is 2.53 bits per heavy atom. The number of ether oxygens (including phenoxy) is 1. The number of carbonyl (C=O) groups excluding carboxylic acids is 1. The van der Waals surface area contributed by atoms with E-state index < -0.39 is 5.97 Å². The van der Waals surface area contributed by atoms with Crippen molar-refractivity contribution in [3.63, 3.8) is 0 Å². The summed E-state index contributed by atoms with van der Waals surface area (Å²) in [7, 11) is 1.35. The van der Waals surface area contributed by atoms with Crippen molar-refractivity contribution in [1.29, 1.82) is 0 Å². The summed E-state index contributed by atoms with van der Waals surface area (Å²) in [5, 5.41) is 0. The van der Waals surface area contributed by atoms with Crippen LogP contribution in [-0.4, -0.2) is 22.6 Å². The molecule has 5 nitrogen and oxygen atoms in total. The lowest BCUT2D eigenvalue weighted by atomic mass is 10.1. The third kappa shape index (κ3) is 1.79. The molecule has 3 rings (SSSR count). The van der Waals surface area contributed by atoms with Gasteiger partial charge < -0.3 is 15.0 Å². The molecule has 1 aromatic heterocycles. The normalized spacial score (nSPS) is 19.6. The first-order valence-corrected chi connectivity index (χ1v) is 6.13. The standard InChI is InChI=1S/C12H17N3O2/c1-17-12(16)9-11(13)15(6-14-9)10(7-2-3-7)8-4-5-8/h6-8,10H,2-5,13H2,1H3. The molecule has 0 bridgehead atoms. The molecule has 17 heavy (non-hydrogen) atoms. The highest BCUT2D eigenvalue weighted by molar-refractivity contribution is 5.92. The number of esters is 1. The number of methoxy groups -OCH3 is 1. The number of imidazole rings is 1. The minimum atomic E-state index is -0.452. The van der Waals surface area contributed by atoms with Crippen molar-refractivity contribution in [3.05, 3.63) is 12.0 Å². The molecular weight excluding hydrogens is 218 g/mol. The van der Waals surface area contributed by atoms with Crippen LogP contribution in [0, 0.1) is 11.8 Å². The molecule has 0 amide bonds. The maximum Gasteiger partial charge on any atom is 0.360 e. The predicted molar refractivity (Wildman–Crippen MR) is 62.5 cm³/mol. The number of carbonyl (C=O) groups is 1. The lowest BCUT2D eigenvalue weighted by Crippen LogP contribution is -2.16. The van der Waals surface area contributed by atoms with Crippen LogP contribution in [0.5, 0.6) is 0 Å². The van der Waals surface area contributed by atoms with Crippen LogP contribution in [0.3, 0.4) is 0 Å². The van der Waals surface area contributed by atoms with Gasteiger partial charge in [0.1, 0.15) is 5.82 Å². The first kappa shape index (κ1) is 10.6. The van der Waals surface area contributed by atoms with Crippen LogP contribution in [0.15, 0.2) is 6.33 Å². The second-order valence-electron chi connectivity index (χ2n) is 5.04. The van der Waals surface area contributed by atoms with Gasteiger partial charge in [0.15, 0.2) is 5.69 Å². The topological polar surface area (TPSA) is 70.1 Å². The third-order valence-corrected chi connectivity index (χ3v) is 3.74. The molecule has 0 unspecified atom stereocenters. The molecule has 0 radical (unpaired) electrons. The molecule has 5 heteroatoms. The number of nitrogens with zero attached hydrogens (tertiary/aromatic N) is 2. The fourth-order valence-corrected chi connectivity index (χ4v) is 2.58. The molecule has 0 aromatic carbocycles. The van der Waals surface area contributed by atoms with Crippen LogP contribution in [0.1, 0.15) is 42.2 Å². The average molecular weight is 235 g/mol. The molecule has 0 saturated heterocycles. The van der Waals surface area contributed by atoms with Gasteiger partial charge in [-0.2, -0.15) is 0 Å². The second kappa shape index (κ2) is 3.75. The van der Waals surface area contributed by atoms with Gasteiger partial charge in [-0.1, -0.05) is 0 Å². The third-order valence-electron chi connectivity index (χ3n) is 3.74. The molecule has 2 saturated carbocycles. The monoisotopic (exact) mass is 235 g/mol. The molecular formula is C12H17N3O2. The van der Waals surface area contributed by atoms with Gasteiger partial charge in [0.05, 0.1) is 13.4 Å².